The van der Waals surface area contributed by atoms with Crippen molar-refractivity contribution in [2.24, 2.45) is 0 Å². The maximum atomic E-state index is 12.3. The first-order valence-electron chi connectivity index (χ1n) is 5.04. The third-order valence-corrected chi connectivity index (χ3v) is 2.39. The molecule has 0 spiro atoms. The van der Waals surface area contributed by atoms with Crippen molar-refractivity contribution in [3.05, 3.63) is 42.1 Å². The third-order valence-electron chi connectivity index (χ3n) is 2.39. The van der Waals surface area contributed by atoms with Crippen LogP contribution in [0.4, 0.5) is 19.0 Å². The molecule has 0 bridgehead atoms. The molecule has 1 unspecified atom stereocenters. The summed E-state index contributed by atoms with van der Waals surface area (Å²) in [5.41, 5.74) is 5.77. The summed E-state index contributed by atoms with van der Waals surface area (Å²) in [6.45, 7) is 0. The van der Waals surface area contributed by atoms with E-state index >= 15 is 0 Å². The van der Waals surface area contributed by atoms with E-state index in [1.54, 1.807) is 12.3 Å². The van der Waals surface area contributed by atoms with E-state index in [-0.39, 0.29) is 5.56 Å². The number of nitrogens with two attached hydrogens (primary N) is 1. The Bertz CT molecular complexity index is 533. The number of alkyl halides is 3. The maximum absolute atomic E-state index is 12.3. The molecule has 0 aliphatic rings. The van der Waals surface area contributed by atoms with Gasteiger partial charge in [-0.3, -0.25) is 0 Å². The van der Waals surface area contributed by atoms with E-state index in [2.05, 4.69) is 5.10 Å². The Morgan fingerprint density at radius 3 is 2.22 bits per heavy atom. The van der Waals surface area contributed by atoms with E-state index in [0.29, 0.717) is 11.5 Å². The van der Waals surface area contributed by atoms with Gasteiger partial charge in [0.1, 0.15) is 5.82 Å². The third kappa shape index (κ3) is 2.45. The summed E-state index contributed by atoms with van der Waals surface area (Å²) in [6.07, 6.45) is -5.56. The number of anilines is 1. The molecule has 0 radical (unpaired) electrons. The Labute approximate surface area is 100 Å². The predicted octanol–water partition coefficient (Wildman–Crippen LogP) is 2.05. The van der Waals surface area contributed by atoms with E-state index in [9.17, 15) is 13.2 Å². The molecule has 1 aromatic carbocycles. The number of aliphatic hydroxyl groups is 1. The zero-order valence-corrected chi connectivity index (χ0v) is 9.09. The minimum atomic E-state index is -4.67. The van der Waals surface area contributed by atoms with Gasteiger partial charge in [0, 0.05) is 12.3 Å². The molecule has 2 rings (SSSR count). The molecule has 1 atom stereocenters. The fraction of sp³-hybridized carbons (Fsp3) is 0.182. The number of hydrogen-bond donors (Lipinski definition) is 2. The van der Waals surface area contributed by atoms with Gasteiger partial charge in [0.25, 0.3) is 0 Å². The number of rotatable bonds is 2. The van der Waals surface area contributed by atoms with E-state index < -0.39 is 12.3 Å². The van der Waals surface area contributed by atoms with Gasteiger partial charge < -0.3 is 10.8 Å². The summed E-state index contributed by atoms with van der Waals surface area (Å²) in [7, 11) is 0. The molecule has 7 heteroatoms. The van der Waals surface area contributed by atoms with Gasteiger partial charge in [-0.2, -0.15) is 18.3 Å². The van der Waals surface area contributed by atoms with Crippen molar-refractivity contribution in [1.29, 1.82) is 0 Å². The van der Waals surface area contributed by atoms with Crippen LogP contribution in [0.3, 0.4) is 0 Å². The molecule has 4 nitrogen and oxygen atoms in total. The second-order valence-electron chi connectivity index (χ2n) is 3.72. The fourth-order valence-electron chi connectivity index (χ4n) is 1.48. The van der Waals surface area contributed by atoms with E-state index in [4.69, 9.17) is 10.8 Å². The number of benzene rings is 1. The standard InChI is InChI=1S/C11H10F3N3O/c12-11(13,14)10(18)7-1-3-8(4-2-7)17-6-5-9(15)16-17/h1-6,10,18H,(H2,15,16). The zero-order chi connectivity index (χ0) is 13.3. The highest BCUT2D eigenvalue weighted by molar-refractivity contribution is 5.37. The average molecular weight is 257 g/mol. The lowest BCUT2D eigenvalue weighted by atomic mass is 10.1. The summed E-state index contributed by atoms with van der Waals surface area (Å²) in [5.74, 6) is 0.314. The molecule has 1 aromatic heterocycles. The Morgan fingerprint density at radius 2 is 1.78 bits per heavy atom. The normalized spacial score (nSPS) is 13.6. The van der Waals surface area contributed by atoms with Crippen LogP contribution < -0.4 is 5.73 Å². The van der Waals surface area contributed by atoms with Gasteiger partial charge in [-0.15, -0.1) is 0 Å². The number of aromatic nitrogens is 2. The lowest BCUT2D eigenvalue weighted by molar-refractivity contribution is -0.206. The highest BCUT2D eigenvalue weighted by Crippen LogP contribution is 2.32. The quantitative estimate of drug-likeness (QED) is 0.865. The van der Waals surface area contributed by atoms with Crippen LogP contribution >= 0.6 is 0 Å². The highest BCUT2D eigenvalue weighted by Gasteiger charge is 2.39. The molecule has 1 heterocycles. The Kier molecular flexibility index (Phi) is 3.00. The first-order chi connectivity index (χ1) is 8.38. The number of halogens is 3. The van der Waals surface area contributed by atoms with Crippen LogP contribution in [0, 0.1) is 0 Å². The molecule has 96 valence electrons. The number of aliphatic hydroxyl groups excluding tert-OH is 1. The first-order valence-corrected chi connectivity index (χ1v) is 5.04. The summed E-state index contributed by atoms with van der Waals surface area (Å²) >= 11 is 0. The lowest BCUT2D eigenvalue weighted by Crippen LogP contribution is -2.20. The average Bonchev–Trinajstić information content (AvgIpc) is 2.74. The molecule has 3 N–H and O–H groups in total. The van der Waals surface area contributed by atoms with Gasteiger partial charge >= 0.3 is 6.18 Å². The minimum Gasteiger partial charge on any atom is -0.382 e. The lowest BCUT2D eigenvalue weighted by Gasteiger charge is -2.14. The molecule has 0 aliphatic heterocycles. The van der Waals surface area contributed by atoms with Gasteiger partial charge in [-0.05, 0) is 17.7 Å². The molecule has 18 heavy (non-hydrogen) atoms. The van der Waals surface area contributed by atoms with Crippen LogP contribution in [-0.2, 0) is 0 Å². The summed E-state index contributed by atoms with van der Waals surface area (Å²) in [6, 6.07) is 6.82. The summed E-state index contributed by atoms with van der Waals surface area (Å²) in [5, 5.41) is 13.0. The van der Waals surface area contributed by atoms with Crippen LogP contribution in [-0.4, -0.2) is 21.1 Å². The van der Waals surface area contributed by atoms with Crippen molar-refractivity contribution >= 4 is 5.82 Å². The Hall–Kier alpha value is -2.02. The number of nitrogen functional groups attached to an aromatic ring is 1. The van der Waals surface area contributed by atoms with Crippen LogP contribution in [0.25, 0.3) is 5.69 Å². The van der Waals surface area contributed by atoms with Gasteiger partial charge in [-0.25, -0.2) is 4.68 Å². The van der Waals surface area contributed by atoms with Gasteiger partial charge in [0.05, 0.1) is 5.69 Å². The van der Waals surface area contributed by atoms with Crippen molar-refractivity contribution < 1.29 is 18.3 Å². The topological polar surface area (TPSA) is 64.1 Å². The first kappa shape index (κ1) is 12.4. The minimum absolute atomic E-state index is 0.216. The van der Waals surface area contributed by atoms with Crippen molar-refractivity contribution in [3.63, 3.8) is 0 Å². The van der Waals surface area contributed by atoms with Crippen molar-refractivity contribution in [3.8, 4) is 5.69 Å². The molecule has 0 saturated heterocycles. The largest absolute Gasteiger partial charge is 0.418 e. The molecular formula is C11H10F3N3O. The number of hydrogen-bond acceptors (Lipinski definition) is 3. The summed E-state index contributed by atoms with van der Waals surface area (Å²) in [4.78, 5) is 0. The molecular weight excluding hydrogens is 247 g/mol. The Balaban J connectivity index is 2.25. The maximum Gasteiger partial charge on any atom is 0.418 e. The zero-order valence-electron chi connectivity index (χ0n) is 9.09. The SMILES string of the molecule is Nc1ccn(-c2ccc(C(O)C(F)(F)F)cc2)n1. The molecule has 0 aliphatic carbocycles. The second-order valence-corrected chi connectivity index (χ2v) is 3.72. The molecule has 0 saturated carbocycles. The number of nitrogens with zero attached hydrogens (tertiary/aromatic N) is 2. The highest BCUT2D eigenvalue weighted by atomic mass is 19.4. The van der Waals surface area contributed by atoms with E-state index in [0.717, 1.165) is 0 Å². The van der Waals surface area contributed by atoms with Crippen LogP contribution in [0.15, 0.2) is 36.5 Å². The van der Waals surface area contributed by atoms with Gasteiger partial charge in [-0.1, -0.05) is 12.1 Å². The van der Waals surface area contributed by atoms with Crippen LogP contribution in [0.1, 0.15) is 11.7 Å². The van der Waals surface area contributed by atoms with Crippen LogP contribution in [0.5, 0.6) is 0 Å². The van der Waals surface area contributed by atoms with E-state index in [1.165, 1.54) is 28.9 Å². The van der Waals surface area contributed by atoms with E-state index in [1.807, 2.05) is 0 Å². The molecule has 2 aromatic rings. The van der Waals surface area contributed by atoms with Crippen LogP contribution in [0.2, 0.25) is 0 Å². The predicted molar refractivity (Wildman–Crippen MR) is 59.0 cm³/mol. The summed E-state index contributed by atoms with van der Waals surface area (Å²) < 4.78 is 38.3. The monoisotopic (exact) mass is 257 g/mol. The Morgan fingerprint density at radius 1 is 1.17 bits per heavy atom. The second kappa shape index (κ2) is 4.34. The molecule has 0 amide bonds. The van der Waals surface area contributed by atoms with Gasteiger partial charge in [0.15, 0.2) is 6.10 Å². The van der Waals surface area contributed by atoms with Crippen molar-refractivity contribution in [1.82, 2.24) is 9.78 Å². The fourth-order valence-corrected chi connectivity index (χ4v) is 1.48. The van der Waals surface area contributed by atoms with Crippen molar-refractivity contribution in [2.75, 3.05) is 5.73 Å². The smallest absolute Gasteiger partial charge is 0.382 e. The molecule has 0 fully saturated rings. The van der Waals surface area contributed by atoms with Crippen molar-refractivity contribution in [2.45, 2.75) is 12.3 Å². The van der Waals surface area contributed by atoms with Gasteiger partial charge in [0.2, 0.25) is 0 Å².